The van der Waals surface area contributed by atoms with Crippen molar-refractivity contribution in [2.24, 2.45) is 0 Å². The molecule has 0 fully saturated rings. The first-order valence-electron chi connectivity index (χ1n) is 8.11. The van der Waals surface area contributed by atoms with Crippen LogP contribution in [0.15, 0.2) is 36.4 Å². The van der Waals surface area contributed by atoms with Crippen molar-refractivity contribution in [2.75, 3.05) is 13.7 Å². The minimum absolute atomic E-state index is 0.282. The van der Waals surface area contributed by atoms with Crippen LogP contribution in [0.2, 0.25) is 5.02 Å². The van der Waals surface area contributed by atoms with Crippen LogP contribution in [0.1, 0.15) is 26.3 Å². The Morgan fingerprint density at radius 3 is 2.46 bits per heavy atom. The molecule has 0 amide bonds. The van der Waals surface area contributed by atoms with Gasteiger partial charge in [0.05, 0.1) is 6.61 Å². The number of carbonyl (C=O) groups is 1. The fraction of sp³-hybridized carbons (Fsp3) is 0.350. The average molecular weight is 381 g/mol. The van der Waals surface area contributed by atoms with E-state index in [9.17, 15) is 9.18 Å². The molecule has 2 aromatic rings. The van der Waals surface area contributed by atoms with Gasteiger partial charge in [-0.3, -0.25) is 0 Å². The zero-order valence-corrected chi connectivity index (χ0v) is 16.0. The molecule has 0 saturated heterocycles. The van der Waals surface area contributed by atoms with Gasteiger partial charge in [0.1, 0.15) is 17.2 Å². The molecule has 0 saturated carbocycles. The monoisotopic (exact) mass is 380 g/mol. The van der Waals surface area contributed by atoms with Gasteiger partial charge in [0.15, 0.2) is 6.61 Å². The van der Waals surface area contributed by atoms with E-state index in [1.807, 2.05) is 0 Å². The third kappa shape index (κ3) is 5.71. The van der Waals surface area contributed by atoms with Gasteiger partial charge >= 0.3 is 5.97 Å². The summed E-state index contributed by atoms with van der Waals surface area (Å²) >= 11 is 6.06. The Balaban J connectivity index is 2.26. The third-order valence-corrected chi connectivity index (χ3v) is 3.58. The van der Waals surface area contributed by atoms with Crippen LogP contribution in [0.5, 0.6) is 5.75 Å². The standard InChI is InChI=1S/C20H22ClFO4/c1-20(2,3)26-19(23)12-25-18-8-6-14(21)10-16(18)15-7-5-13(11-24-4)9-17(15)22/h5-10H,11-12H2,1-4H3. The number of hydrogen-bond acceptors (Lipinski definition) is 4. The fourth-order valence-electron chi connectivity index (χ4n) is 2.38. The molecule has 0 unspecified atom stereocenters. The number of halogens is 2. The van der Waals surface area contributed by atoms with Crippen LogP contribution < -0.4 is 4.74 Å². The van der Waals surface area contributed by atoms with E-state index in [0.29, 0.717) is 34.1 Å². The van der Waals surface area contributed by atoms with Crippen molar-refractivity contribution in [2.45, 2.75) is 33.0 Å². The van der Waals surface area contributed by atoms with Gasteiger partial charge in [-0.1, -0.05) is 23.7 Å². The van der Waals surface area contributed by atoms with Gasteiger partial charge in [-0.05, 0) is 50.6 Å². The van der Waals surface area contributed by atoms with Crippen molar-refractivity contribution in [3.63, 3.8) is 0 Å². The number of benzene rings is 2. The second kappa shape index (κ2) is 8.52. The molecule has 6 heteroatoms. The molecule has 0 atom stereocenters. The summed E-state index contributed by atoms with van der Waals surface area (Å²) in [4.78, 5) is 11.9. The van der Waals surface area contributed by atoms with Crippen molar-refractivity contribution in [3.05, 3.63) is 52.8 Å². The van der Waals surface area contributed by atoms with Crippen LogP contribution in [0, 0.1) is 5.82 Å². The van der Waals surface area contributed by atoms with Crippen molar-refractivity contribution in [1.29, 1.82) is 0 Å². The van der Waals surface area contributed by atoms with E-state index < -0.39 is 17.4 Å². The molecule has 140 valence electrons. The van der Waals surface area contributed by atoms with E-state index in [0.717, 1.165) is 0 Å². The average Bonchev–Trinajstić information content (AvgIpc) is 2.52. The zero-order valence-electron chi connectivity index (χ0n) is 15.3. The first-order valence-corrected chi connectivity index (χ1v) is 8.49. The first-order chi connectivity index (χ1) is 12.2. The Labute approximate surface area is 157 Å². The zero-order chi connectivity index (χ0) is 19.3. The molecule has 0 radical (unpaired) electrons. The predicted molar refractivity (Wildman–Crippen MR) is 98.9 cm³/mol. The molecule has 4 nitrogen and oxygen atoms in total. The molecule has 0 heterocycles. The number of methoxy groups -OCH3 is 1. The number of rotatable bonds is 6. The van der Waals surface area contributed by atoms with E-state index in [-0.39, 0.29) is 6.61 Å². The van der Waals surface area contributed by atoms with Crippen LogP contribution in [-0.4, -0.2) is 25.3 Å². The van der Waals surface area contributed by atoms with Crippen LogP contribution in [0.25, 0.3) is 11.1 Å². The highest BCUT2D eigenvalue weighted by Crippen LogP contribution is 2.34. The second-order valence-electron chi connectivity index (χ2n) is 6.76. The molecule has 0 aromatic heterocycles. The molecule has 0 aliphatic heterocycles. The third-order valence-electron chi connectivity index (χ3n) is 3.34. The molecule has 0 bridgehead atoms. The smallest absolute Gasteiger partial charge is 0.344 e. The van der Waals surface area contributed by atoms with Gasteiger partial charge in [-0.25, -0.2) is 9.18 Å². The lowest BCUT2D eigenvalue weighted by Crippen LogP contribution is -2.27. The molecule has 0 N–H and O–H groups in total. The Morgan fingerprint density at radius 2 is 1.85 bits per heavy atom. The molecule has 0 aliphatic carbocycles. The van der Waals surface area contributed by atoms with E-state index in [1.54, 1.807) is 58.2 Å². The normalized spacial score (nSPS) is 11.3. The summed E-state index contributed by atoms with van der Waals surface area (Å²) in [5.74, 6) is -0.586. The van der Waals surface area contributed by atoms with Crippen LogP contribution in [-0.2, 0) is 20.9 Å². The summed E-state index contributed by atoms with van der Waals surface area (Å²) < 4.78 is 30.3. The lowest BCUT2D eigenvalue weighted by molar-refractivity contribution is -0.157. The van der Waals surface area contributed by atoms with Gasteiger partial charge in [0.2, 0.25) is 0 Å². The lowest BCUT2D eigenvalue weighted by atomic mass is 10.0. The lowest BCUT2D eigenvalue weighted by Gasteiger charge is -2.20. The number of ether oxygens (including phenoxy) is 3. The van der Waals surface area contributed by atoms with E-state index in [1.165, 1.54) is 6.07 Å². The van der Waals surface area contributed by atoms with E-state index in [4.69, 9.17) is 25.8 Å². The number of hydrogen-bond donors (Lipinski definition) is 0. The van der Waals surface area contributed by atoms with Gasteiger partial charge in [0.25, 0.3) is 0 Å². The maximum absolute atomic E-state index is 14.5. The Bertz CT molecular complexity index is 784. The quantitative estimate of drug-likeness (QED) is 0.660. The fourth-order valence-corrected chi connectivity index (χ4v) is 2.55. The Hall–Kier alpha value is -2.11. The predicted octanol–water partition coefficient (Wildman–Crippen LogP) is 5.01. The number of carbonyl (C=O) groups excluding carboxylic acids is 1. The molecule has 2 aromatic carbocycles. The van der Waals surface area contributed by atoms with Gasteiger partial charge < -0.3 is 14.2 Å². The van der Waals surface area contributed by atoms with Gasteiger partial charge in [-0.15, -0.1) is 0 Å². The largest absolute Gasteiger partial charge is 0.481 e. The van der Waals surface area contributed by atoms with Gasteiger partial charge in [-0.2, -0.15) is 0 Å². The Morgan fingerprint density at radius 1 is 1.12 bits per heavy atom. The maximum atomic E-state index is 14.5. The summed E-state index contributed by atoms with van der Waals surface area (Å²) in [6.45, 7) is 5.35. The summed E-state index contributed by atoms with van der Waals surface area (Å²) in [7, 11) is 1.55. The SMILES string of the molecule is COCc1ccc(-c2cc(Cl)ccc2OCC(=O)OC(C)(C)C)c(F)c1. The molecule has 0 spiro atoms. The Kier molecular flexibility index (Phi) is 6.62. The number of esters is 1. The van der Waals surface area contributed by atoms with E-state index in [2.05, 4.69) is 0 Å². The minimum Gasteiger partial charge on any atom is -0.481 e. The van der Waals surface area contributed by atoms with E-state index >= 15 is 0 Å². The highest BCUT2D eigenvalue weighted by molar-refractivity contribution is 6.31. The van der Waals surface area contributed by atoms with Crippen molar-refractivity contribution >= 4 is 17.6 Å². The van der Waals surface area contributed by atoms with Crippen LogP contribution in [0.4, 0.5) is 4.39 Å². The maximum Gasteiger partial charge on any atom is 0.344 e. The second-order valence-corrected chi connectivity index (χ2v) is 7.20. The van der Waals surface area contributed by atoms with Crippen LogP contribution in [0.3, 0.4) is 0 Å². The highest BCUT2D eigenvalue weighted by atomic mass is 35.5. The van der Waals surface area contributed by atoms with Crippen molar-refractivity contribution in [3.8, 4) is 16.9 Å². The first kappa shape index (κ1) is 20.2. The molecular weight excluding hydrogens is 359 g/mol. The van der Waals surface area contributed by atoms with Crippen molar-refractivity contribution in [1.82, 2.24) is 0 Å². The summed E-state index contributed by atoms with van der Waals surface area (Å²) in [5, 5.41) is 0.435. The van der Waals surface area contributed by atoms with Gasteiger partial charge in [0, 0.05) is 23.3 Å². The minimum atomic E-state index is -0.605. The molecule has 2 rings (SSSR count). The summed E-state index contributed by atoms with van der Waals surface area (Å²) in [6.07, 6.45) is 0. The topological polar surface area (TPSA) is 44.8 Å². The molecule has 0 aliphatic rings. The highest BCUT2D eigenvalue weighted by Gasteiger charge is 2.18. The molecular formula is C20H22ClFO4. The summed E-state index contributed by atoms with van der Waals surface area (Å²) in [6, 6.07) is 9.62. The summed E-state index contributed by atoms with van der Waals surface area (Å²) in [5.41, 5.74) is 0.896. The molecule has 26 heavy (non-hydrogen) atoms. The van der Waals surface area contributed by atoms with Crippen LogP contribution >= 0.6 is 11.6 Å². The van der Waals surface area contributed by atoms with Crippen molar-refractivity contribution < 1.29 is 23.4 Å².